The van der Waals surface area contributed by atoms with Gasteiger partial charge in [-0.25, -0.2) is 4.79 Å². The Morgan fingerprint density at radius 1 is 1.08 bits per heavy atom. The maximum absolute atomic E-state index is 12.0. The van der Waals surface area contributed by atoms with Crippen LogP contribution in [-0.2, 0) is 9.53 Å². The third-order valence-corrected chi connectivity index (χ3v) is 3.59. The number of carbonyl (C=O) groups is 1. The number of para-hydroxylation sites is 1. The van der Waals surface area contributed by atoms with E-state index >= 15 is 0 Å². The first kappa shape index (κ1) is 19.1. The van der Waals surface area contributed by atoms with Crippen molar-refractivity contribution in [3.05, 3.63) is 65.7 Å². The van der Waals surface area contributed by atoms with Crippen molar-refractivity contribution in [2.75, 3.05) is 32.2 Å². The summed E-state index contributed by atoms with van der Waals surface area (Å²) >= 11 is 0. The molecular formula is C21H22N2O3. The van der Waals surface area contributed by atoms with E-state index in [-0.39, 0.29) is 12.2 Å². The highest BCUT2D eigenvalue weighted by atomic mass is 16.5. The Morgan fingerprint density at radius 3 is 2.38 bits per heavy atom. The van der Waals surface area contributed by atoms with Gasteiger partial charge in [0.2, 0.25) is 0 Å². The summed E-state index contributed by atoms with van der Waals surface area (Å²) in [7, 11) is 3.90. The lowest BCUT2D eigenvalue weighted by Gasteiger charge is -2.11. The highest BCUT2D eigenvalue weighted by Crippen LogP contribution is 2.15. The van der Waals surface area contributed by atoms with Crippen molar-refractivity contribution in [2.45, 2.75) is 6.42 Å². The van der Waals surface area contributed by atoms with Crippen molar-refractivity contribution in [1.82, 2.24) is 0 Å². The normalized spacial score (nSPS) is 10.7. The van der Waals surface area contributed by atoms with Crippen LogP contribution < -0.4 is 9.64 Å². The first-order valence-corrected chi connectivity index (χ1v) is 8.34. The number of anilines is 1. The van der Waals surface area contributed by atoms with Gasteiger partial charge >= 0.3 is 5.97 Å². The van der Waals surface area contributed by atoms with E-state index in [9.17, 15) is 10.1 Å². The number of hydrogen-bond donors (Lipinski definition) is 0. The fraction of sp³-hybridized carbons (Fsp3) is 0.238. The Kier molecular flexibility index (Phi) is 7.26. The Hall–Kier alpha value is -3.26. The van der Waals surface area contributed by atoms with Crippen LogP contribution in [-0.4, -0.2) is 33.3 Å². The molecule has 26 heavy (non-hydrogen) atoms. The molecule has 0 bridgehead atoms. The molecule has 0 heterocycles. The molecule has 5 nitrogen and oxygen atoms in total. The standard InChI is InChI=1S/C21H22N2O3/c1-23(2)19-11-9-17(10-12-19)15-18(16-22)21(24)26-14-6-13-25-20-7-4-3-5-8-20/h3-5,7-12,15H,6,13-14H2,1-2H3/b18-15+. The predicted octanol–water partition coefficient (Wildman–Crippen LogP) is 3.67. The fourth-order valence-corrected chi connectivity index (χ4v) is 2.18. The van der Waals surface area contributed by atoms with Crippen LogP contribution in [0.4, 0.5) is 5.69 Å². The number of hydrogen-bond acceptors (Lipinski definition) is 5. The van der Waals surface area contributed by atoms with Crippen molar-refractivity contribution >= 4 is 17.7 Å². The highest BCUT2D eigenvalue weighted by molar-refractivity contribution is 5.97. The molecule has 0 atom stereocenters. The van der Waals surface area contributed by atoms with Gasteiger partial charge < -0.3 is 14.4 Å². The maximum atomic E-state index is 12.0. The largest absolute Gasteiger partial charge is 0.493 e. The molecule has 0 aliphatic rings. The molecule has 2 aromatic carbocycles. The minimum Gasteiger partial charge on any atom is -0.493 e. The molecule has 0 aromatic heterocycles. The summed E-state index contributed by atoms with van der Waals surface area (Å²) in [5.41, 5.74) is 1.80. The van der Waals surface area contributed by atoms with Crippen LogP contribution in [0, 0.1) is 11.3 Å². The summed E-state index contributed by atoms with van der Waals surface area (Å²) in [6, 6.07) is 18.9. The summed E-state index contributed by atoms with van der Waals surface area (Å²) in [6.07, 6.45) is 2.08. The van der Waals surface area contributed by atoms with Gasteiger partial charge in [0.25, 0.3) is 0 Å². The molecule has 0 amide bonds. The van der Waals surface area contributed by atoms with E-state index < -0.39 is 5.97 Å². The van der Waals surface area contributed by atoms with Gasteiger partial charge in [-0.05, 0) is 35.9 Å². The Morgan fingerprint density at radius 2 is 1.77 bits per heavy atom. The van der Waals surface area contributed by atoms with E-state index in [2.05, 4.69) is 0 Å². The SMILES string of the molecule is CN(C)c1ccc(/C=C(\C#N)C(=O)OCCCOc2ccccc2)cc1. The molecule has 0 saturated heterocycles. The van der Waals surface area contributed by atoms with Crippen molar-refractivity contribution in [2.24, 2.45) is 0 Å². The lowest BCUT2D eigenvalue weighted by molar-refractivity contribution is -0.138. The third kappa shape index (κ3) is 5.99. The monoisotopic (exact) mass is 350 g/mol. The van der Waals surface area contributed by atoms with Crippen LogP contribution in [0.15, 0.2) is 60.2 Å². The smallest absolute Gasteiger partial charge is 0.348 e. The van der Waals surface area contributed by atoms with Gasteiger partial charge in [-0.2, -0.15) is 5.26 Å². The van der Waals surface area contributed by atoms with Crippen LogP contribution in [0.5, 0.6) is 5.75 Å². The number of rotatable bonds is 8. The van der Waals surface area contributed by atoms with E-state index in [1.54, 1.807) is 0 Å². The highest BCUT2D eigenvalue weighted by Gasteiger charge is 2.10. The summed E-state index contributed by atoms with van der Waals surface area (Å²) < 4.78 is 10.7. The second kappa shape index (κ2) is 9.90. The number of nitrogens with zero attached hydrogens (tertiary/aromatic N) is 2. The van der Waals surface area contributed by atoms with Gasteiger partial charge in [0.1, 0.15) is 17.4 Å². The average molecular weight is 350 g/mol. The van der Waals surface area contributed by atoms with Gasteiger partial charge in [0.05, 0.1) is 13.2 Å². The molecule has 0 spiro atoms. The van der Waals surface area contributed by atoms with Crippen LogP contribution in [0.2, 0.25) is 0 Å². The molecular weight excluding hydrogens is 328 g/mol. The molecule has 0 aliphatic heterocycles. The van der Waals surface area contributed by atoms with E-state index in [4.69, 9.17) is 9.47 Å². The zero-order valence-electron chi connectivity index (χ0n) is 15.0. The van der Waals surface area contributed by atoms with Crippen molar-refractivity contribution in [3.8, 4) is 11.8 Å². The van der Waals surface area contributed by atoms with Crippen molar-refractivity contribution in [1.29, 1.82) is 5.26 Å². The predicted molar refractivity (Wildman–Crippen MR) is 102 cm³/mol. The Bertz CT molecular complexity index is 775. The zero-order chi connectivity index (χ0) is 18.8. The van der Waals surface area contributed by atoms with E-state index in [0.717, 1.165) is 17.0 Å². The molecule has 0 aliphatic carbocycles. The van der Waals surface area contributed by atoms with Gasteiger partial charge in [-0.15, -0.1) is 0 Å². The van der Waals surface area contributed by atoms with Crippen LogP contribution in [0.3, 0.4) is 0 Å². The topological polar surface area (TPSA) is 62.6 Å². The number of nitriles is 1. The van der Waals surface area contributed by atoms with Crippen molar-refractivity contribution in [3.63, 3.8) is 0 Å². The molecule has 0 N–H and O–H groups in total. The second-order valence-corrected chi connectivity index (χ2v) is 5.81. The third-order valence-electron chi connectivity index (χ3n) is 3.59. The number of carbonyl (C=O) groups excluding carboxylic acids is 1. The molecule has 2 rings (SSSR count). The fourth-order valence-electron chi connectivity index (χ4n) is 2.18. The van der Waals surface area contributed by atoms with Gasteiger partial charge in [0, 0.05) is 26.2 Å². The van der Waals surface area contributed by atoms with Crippen molar-refractivity contribution < 1.29 is 14.3 Å². The first-order valence-electron chi connectivity index (χ1n) is 8.34. The quantitative estimate of drug-likeness (QED) is 0.315. The van der Waals surface area contributed by atoms with Gasteiger partial charge in [-0.3, -0.25) is 0 Å². The first-order chi connectivity index (χ1) is 12.6. The molecule has 0 saturated carbocycles. The minimum atomic E-state index is -0.621. The van der Waals surface area contributed by atoms with Gasteiger partial charge in [-0.1, -0.05) is 30.3 Å². The van der Waals surface area contributed by atoms with E-state index in [1.165, 1.54) is 6.08 Å². The van der Waals surface area contributed by atoms with Crippen LogP contribution in [0.1, 0.15) is 12.0 Å². The summed E-state index contributed by atoms with van der Waals surface area (Å²) in [6.45, 7) is 0.638. The Balaban J connectivity index is 1.81. The summed E-state index contributed by atoms with van der Waals surface area (Å²) in [5.74, 6) is 0.154. The van der Waals surface area contributed by atoms with E-state index in [0.29, 0.717) is 13.0 Å². The Labute approximate surface area is 154 Å². The van der Waals surface area contributed by atoms with E-state index in [1.807, 2.05) is 79.7 Å². The van der Waals surface area contributed by atoms with Gasteiger partial charge in [0.15, 0.2) is 0 Å². The molecule has 0 fully saturated rings. The molecule has 5 heteroatoms. The maximum Gasteiger partial charge on any atom is 0.348 e. The number of ether oxygens (including phenoxy) is 2. The summed E-state index contributed by atoms with van der Waals surface area (Å²) in [5, 5.41) is 9.20. The molecule has 134 valence electrons. The molecule has 2 aromatic rings. The lowest BCUT2D eigenvalue weighted by atomic mass is 10.1. The number of benzene rings is 2. The second-order valence-electron chi connectivity index (χ2n) is 5.81. The zero-order valence-corrected chi connectivity index (χ0v) is 15.0. The minimum absolute atomic E-state index is 0.0217. The number of esters is 1. The van der Waals surface area contributed by atoms with Crippen LogP contribution >= 0.6 is 0 Å². The average Bonchev–Trinajstić information content (AvgIpc) is 2.66. The molecule has 0 radical (unpaired) electrons. The summed E-state index contributed by atoms with van der Waals surface area (Å²) in [4.78, 5) is 14.0. The molecule has 0 unspecified atom stereocenters. The van der Waals surface area contributed by atoms with Crippen LogP contribution in [0.25, 0.3) is 6.08 Å². The lowest BCUT2D eigenvalue weighted by Crippen LogP contribution is -2.10.